The maximum atomic E-state index is 2.74. The number of hydrogen-bond donors (Lipinski definition) is 0. The first kappa shape index (κ1) is 11.4. The minimum atomic E-state index is 0.641. The second-order valence-electron chi connectivity index (χ2n) is 6.41. The van der Waals surface area contributed by atoms with Crippen LogP contribution in [0.15, 0.2) is 0 Å². The van der Waals surface area contributed by atoms with Gasteiger partial charge in [0.2, 0.25) is 0 Å². The van der Waals surface area contributed by atoms with Crippen LogP contribution >= 0.6 is 0 Å². The molecule has 0 saturated carbocycles. The normalized spacial score (nSPS) is 45.4. The van der Waals surface area contributed by atoms with Gasteiger partial charge in [0.1, 0.15) is 0 Å². The lowest BCUT2D eigenvalue weighted by molar-refractivity contribution is -0.0421. The molecule has 2 saturated heterocycles. The smallest absolute Gasteiger partial charge is 0.00383 e. The monoisotopic (exact) mass is 209 g/mol. The molecule has 15 heavy (non-hydrogen) atoms. The Bertz CT molecular complexity index is 225. The zero-order valence-corrected chi connectivity index (χ0v) is 10.8. The van der Waals surface area contributed by atoms with Crippen molar-refractivity contribution in [1.82, 2.24) is 4.90 Å². The van der Waals surface area contributed by atoms with E-state index in [4.69, 9.17) is 0 Å². The summed E-state index contributed by atoms with van der Waals surface area (Å²) in [5.41, 5.74) is 1.30. The first-order valence-corrected chi connectivity index (χ1v) is 6.84. The van der Waals surface area contributed by atoms with Crippen molar-refractivity contribution in [3.63, 3.8) is 0 Å². The zero-order valence-electron chi connectivity index (χ0n) is 10.8. The van der Waals surface area contributed by atoms with Crippen LogP contribution in [0.5, 0.6) is 0 Å². The fourth-order valence-corrected chi connectivity index (χ4v) is 4.25. The topological polar surface area (TPSA) is 3.24 Å². The van der Waals surface area contributed by atoms with E-state index in [2.05, 4.69) is 25.7 Å². The molecule has 0 aromatic carbocycles. The number of piperidine rings is 2. The summed E-state index contributed by atoms with van der Waals surface area (Å²) in [7, 11) is 0. The van der Waals surface area contributed by atoms with E-state index in [1.807, 2.05) is 0 Å². The largest absolute Gasteiger partial charge is 0.302 e. The van der Waals surface area contributed by atoms with Crippen molar-refractivity contribution in [2.75, 3.05) is 19.6 Å². The minimum Gasteiger partial charge on any atom is -0.302 e. The van der Waals surface area contributed by atoms with E-state index >= 15 is 0 Å². The lowest BCUT2D eigenvalue weighted by atomic mass is 9.62. The Morgan fingerprint density at radius 3 is 2.60 bits per heavy atom. The van der Waals surface area contributed by atoms with Crippen molar-refractivity contribution < 1.29 is 0 Å². The van der Waals surface area contributed by atoms with Crippen LogP contribution in [0.3, 0.4) is 0 Å². The second kappa shape index (κ2) is 4.08. The first-order valence-electron chi connectivity index (χ1n) is 6.84. The van der Waals surface area contributed by atoms with Gasteiger partial charge >= 0.3 is 0 Å². The van der Waals surface area contributed by atoms with Gasteiger partial charge in [-0.2, -0.15) is 0 Å². The molecule has 3 unspecified atom stereocenters. The second-order valence-corrected chi connectivity index (χ2v) is 6.41. The van der Waals surface area contributed by atoms with Gasteiger partial charge in [-0.1, -0.05) is 27.2 Å². The third-order valence-corrected chi connectivity index (χ3v) is 4.75. The van der Waals surface area contributed by atoms with Gasteiger partial charge < -0.3 is 4.90 Å². The molecule has 1 nitrogen and oxygen atoms in total. The van der Waals surface area contributed by atoms with E-state index < -0.39 is 0 Å². The van der Waals surface area contributed by atoms with E-state index in [9.17, 15) is 0 Å². The Balaban J connectivity index is 2.14. The van der Waals surface area contributed by atoms with Crippen molar-refractivity contribution in [1.29, 1.82) is 0 Å². The molecule has 0 amide bonds. The average molecular weight is 209 g/mol. The molecule has 88 valence electrons. The summed E-state index contributed by atoms with van der Waals surface area (Å²) < 4.78 is 0. The predicted molar refractivity (Wildman–Crippen MR) is 66.0 cm³/mol. The molecular weight excluding hydrogens is 182 g/mol. The van der Waals surface area contributed by atoms with Crippen LogP contribution in [-0.2, 0) is 0 Å². The van der Waals surface area contributed by atoms with Gasteiger partial charge in [-0.3, -0.25) is 0 Å². The van der Waals surface area contributed by atoms with Crippen LogP contribution in [0, 0.1) is 10.8 Å². The van der Waals surface area contributed by atoms with Crippen LogP contribution in [0.1, 0.15) is 59.3 Å². The molecule has 2 aliphatic heterocycles. The molecule has 2 rings (SSSR count). The van der Waals surface area contributed by atoms with E-state index in [0.29, 0.717) is 10.8 Å². The van der Waals surface area contributed by atoms with Crippen molar-refractivity contribution >= 4 is 0 Å². The van der Waals surface area contributed by atoms with E-state index in [1.165, 1.54) is 58.2 Å². The molecule has 0 N–H and O–H groups in total. The van der Waals surface area contributed by atoms with Gasteiger partial charge in [-0.05, 0) is 49.5 Å². The summed E-state index contributed by atoms with van der Waals surface area (Å²) in [6.07, 6.45) is 8.57. The highest BCUT2D eigenvalue weighted by atomic mass is 15.2. The van der Waals surface area contributed by atoms with Gasteiger partial charge in [-0.25, -0.2) is 0 Å². The highest BCUT2D eigenvalue weighted by Crippen LogP contribution is 2.49. The lowest BCUT2D eigenvalue weighted by Gasteiger charge is -2.54. The van der Waals surface area contributed by atoms with Gasteiger partial charge in [0.15, 0.2) is 0 Å². The highest BCUT2D eigenvalue weighted by Gasteiger charge is 2.45. The number of nitrogens with zero attached hydrogens (tertiary/aromatic N) is 1. The Morgan fingerprint density at radius 2 is 2.00 bits per heavy atom. The lowest BCUT2D eigenvalue weighted by Crippen LogP contribution is -2.54. The van der Waals surface area contributed by atoms with Gasteiger partial charge in [-0.15, -0.1) is 0 Å². The minimum absolute atomic E-state index is 0.641. The van der Waals surface area contributed by atoms with Crippen LogP contribution in [0.25, 0.3) is 0 Å². The molecule has 2 fully saturated rings. The van der Waals surface area contributed by atoms with Crippen molar-refractivity contribution in [3.05, 3.63) is 0 Å². The first-order chi connectivity index (χ1) is 7.11. The molecule has 1 heteroatoms. The maximum Gasteiger partial charge on any atom is 0.00383 e. The molecule has 3 atom stereocenters. The zero-order chi connectivity index (χ0) is 10.9. The molecule has 2 aliphatic rings. The van der Waals surface area contributed by atoms with Crippen LogP contribution < -0.4 is 0 Å². The third-order valence-electron chi connectivity index (χ3n) is 4.75. The van der Waals surface area contributed by atoms with Crippen LogP contribution in [0.2, 0.25) is 0 Å². The molecule has 0 aromatic heterocycles. The van der Waals surface area contributed by atoms with E-state index in [1.54, 1.807) is 0 Å². The van der Waals surface area contributed by atoms with Crippen LogP contribution in [-0.4, -0.2) is 24.5 Å². The molecule has 0 aromatic rings. The quantitative estimate of drug-likeness (QED) is 0.685. The summed E-state index contributed by atoms with van der Waals surface area (Å²) >= 11 is 0. The van der Waals surface area contributed by atoms with E-state index in [0.717, 1.165) is 0 Å². The summed E-state index contributed by atoms with van der Waals surface area (Å²) in [6.45, 7) is 11.4. The fourth-order valence-electron chi connectivity index (χ4n) is 4.25. The van der Waals surface area contributed by atoms with Crippen LogP contribution in [0.4, 0.5) is 0 Å². The maximum absolute atomic E-state index is 2.74. The molecular formula is C14H27N. The predicted octanol–water partition coefficient (Wildman–Crippen LogP) is 3.69. The standard InChI is InChI=1S/C14H27N/c1-4-7-14(5-2)10-13(3)8-6-9-15(11-13)12-14/h4-12H2,1-3H3. The Kier molecular flexibility index (Phi) is 3.12. The fraction of sp³-hybridized carbons (Fsp3) is 1.00. The number of hydrogen-bond acceptors (Lipinski definition) is 1. The number of fused-ring (bicyclic) bond motifs is 2. The van der Waals surface area contributed by atoms with Crippen molar-refractivity contribution in [3.8, 4) is 0 Å². The number of rotatable bonds is 3. The molecule has 2 heterocycles. The average Bonchev–Trinajstić information content (AvgIpc) is 2.16. The SMILES string of the molecule is CCCC1(CC)CN2CCCC(C)(C2)C1. The van der Waals surface area contributed by atoms with Gasteiger partial charge in [0, 0.05) is 13.1 Å². The van der Waals surface area contributed by atoms with Gasteiger partial charge in [0.25, 0.3) is 0 Å². The summed E-state index contributed by atoms with van der Waals surface area (Å²) in [5.74, 6) is 0. The van der Waals surface area contributed by atoms with Gasteiger partial charge in [0.05, 0.1) is 0 Å². The third kappa shape index (κ3) is 2.22. The molecule has 0 aliphatic carbocycles. The van der Waals surface area contributed by atoms with Crippen molar-refractivity contribution in [2.45, 2.75) is 59.3 Å². The summed E-state index contributed by atoms with van der Waals surface area (Å²) in [6, 6.07) is 0. The Hall–Kier alpha value is -0.0400. The molecule has 0 radical (unpaired) electrons. The summed E-state index contributed by atoms with van der Waals surface area (Å²) in [5, 5.41) is 0. The van der Waals surface area contributed by atoms with Crippen molar-refractivity contribution in [2.24, 2.45) is 10.8 Å². The Morgan fingerprint density at radius 1 is 1.20 bits per heavy atom. The summed E-state index contributed by atoms with van der Waals surface area (Å²) in [4.78, 5) is 2.74. The highest BCUT2D eigenvalue weighted by molar-refractivity contribution is 4.97. The molecule has 0 spiro atoms. The Labute approximate surface area is 95.2 Å². The van der Waals surface area contributed by atoms with E-state index in [-0.39, 0.29) is 0 Å². The molecule has 2 bridgehead atoms.